The fraction of sp³-hybridized carbons (Fsp3) is 0.111. The van der Waals surface area contributed by atoms with Gasteiger partial charge in [0.15, 0.2) is 0 Å². The molecule has 3 nitrogen and oxygen atoms in total. The predicted octanol–water partition coefficient (Wildman–Crippen LogP) is 4.48. The van der Waals surface area contributed by atoms with Crippen molar-refractivity contribution in [3.8, 4) is 0 Å². The van der Waals surface area contributed by atoms with Crippen molar-refractivity contribution in [2.75, 3.05) is 6.54 Å². The Bertz CT molecular complexity index is 921. The molecule has 0 bridgehead atoms. The highest BCUT2D eigenvalue weighted by Crippen LogP contribution is 2.25. The summed E-state index contributed by atoms with van der Waals surface area (Å²) in [4.78, 5) is 17.6. The van der Waals surface area contributed by atoms with Crippen molar-refractivity contribution in [3.05, 3.63) is 64.5 Å². The van der Waals surface area contributed by atoms with Crippen molar-refractivity contribution < 1.29 is 4.79 Å². The molecule has 1 N–H and O–H groups in total. The maximum Gasteiger partial charge on any atom is 0.261 e. The number of fused-ring (bicyclic) bond motifs is 2. The van der Waals surface area contributed by atoms with Gasteiger partial charge in [-0.05, 0) is 29.7 Å². The SMILES string of the molecule is O=C(NCCc1nc2ccccc2s1)c1cc2ccccc2s1. The number of rotatable bonds is 4. The van der Waals surface area contributed by atoms with E-state index in [1.807, 2.05) is 48.5 Å². The van der Waals surface area contributed by atoms with Gasteiger partial charge in [-0.15, -0.1) is 22.7 Å². The summed E-state index contributed by atoms with van der Waals surface area (Å²) in [5, 5.41) is 5.17. The van der Waals surface area contributed by atoms with Gasteiger partial charge in [0, 0.05) is 17.7 Å². The molecule has 1 amide bonds. The summed E-state index contributed by atoms with van der Waals surface area (Å²) >= 11 is 3.22. The molecule has 0 aliphatic carbocycles. The van der Waals surface area contributed by atoms with Crippen LogP contribution in [0.25, 0.3) is 20.3 Å². The summed E-state index contributed by atoms with van der Waals surface area (Å²) < 4.78 is 2.34. The lowest BCUT2D eigenvalue weighted by Gasteiger charge is -2.01. The van der Waals surface area contributed by atoms with Crippen LogP contribution in [0, 0.1) is 0 Å². The number of para-hydroxylation sites is 1. The lowest BCUT2D eigenvalue weighted by atomic mass is 10.2. The van der Waals surface area contributed by atoms with Crippen molar-refractivity contribution in [1.82, 2.24) is 10.3 Å². The van der Waals surface area contributed by atoms with Crippen molar-refractivity contribution in [2.45, 2.75) is 6.42 Å². The molecule has 4 rings (SSSR count). The van der Waals surface area contributed by atoms with Crippen LogP contribution >= 0.6 is 22.7 Å². The Morgan fingerprint density at radius 1 is 1.00 bits per heavy atom. The summed E-state index contributed by atoms with van der Waals surface area (Å²) in [6.45, 7) is 0.604. The van der Waals surface area contributed by atoms with Crippen LogP contribution < -0.4 is 5.32 Å². The van der Waals surface area contributed by atoms with Gasteiger partial charge in [0.25, 0.3) is 5.91 Å². The van der Waals surface area contributed by atoms with E-state index in [0.717, 1.165) is 31.9 Å². The van der Waals surface area contributed by atoms with E-state index >= 15 is 0 Å². The van der Waals surface area contributed by atoms with E-state index in [0.29, 0.717) is 6.54 Å². The quantitative estimate of drug-likeness (QED) is 0.596. The molecule has 0 aliphatic rings. The van der Waals surface area contributed by atoms with E-state index in [9.17, 15) is 4.79 Å². The van der Waals surface area contributed by atoms with E-state index in [-0.39, 0.29) is 5.91 Å². The predicted molar refractivity (Wildman–Crippen MR) is 97.5 cm³/mol. The van der Waals surface area contributed by atoms with Crippen molar-refractivity contribution >= 4 is 48.9 Å². The number of benzene rings is 2. The maximum atomic E-state index is 12.3. The molecule has 0 saturated carbocycles. The molecule has 114 valence electrons. The molecule has 0 aliphatic heterocycles. The van der Waals surface area contributed by atoms with Crippen LogP contribution in [0.2, 0.25) is 0 Å². The summed E-state index contributed by atoms with van der Waals surface area (Å²) in [7, 11) is 0. The monoisotopic (exact) mass is 338 g/mol. The van der Waals surface area contributed by atoms with Gasteiger partial charge in [-0.3, -0.25) is 4.79 Å². The van der Waals surface area contributed by atoms with Crippen molar-refractivity contribution in [2.24, 2.45) is 0 Å². The molecule has 23 heavy (non-hydrogen) atoms. The Kier molecular flexibility index (Phi) is 3.81. The highest BCUT2D eigenvalue weighted by atomic mass is 32.1. The van der Waals surface area contributed by atoms with E-state index in [1.54, 1.807) is 11.3 Å². The van der Waals surface area contributed by atoms with E-state index in [1.165, 1.54) is 16.0 Å². The van der Waals surface area contributed by atoms with Crippen LogP contribution in [0.3, 0.4) is 0 Å². The van der Waals surface area contributed by atoms with Gasteiger partial charge < -0.3 is 5.32 Å². The largest absolute Gasteiger partial charge is 0.351 e. The van der Waals surface area contributed by atoms with Gasteiger partial charge in [0.05, 0.1) is 20.1 Å². The lowest BCUT2D eigenvalue weighted by Crippen LogP contribution is -2.24. The minimum Gasteiger partial charge on any atom is -0.351 e. The number of thiazole rings is 1. The number of carbonyl (C=O) groups excluding carboxylic acids is 1. The Balaban J connectivity index is 1.41. The summed E-state index contributed by atoms with van der Waals surface area (Å²) in [6, 6.07) is 18.1. The standard InChI is InChI=1S/C18H14N2OS2/c21-18(16-11-12-5-1-3-7-14(12)22-16)19-10-9-17-20-13-6-2-4-8-15(13)23-17/h1-8,11H,9-10H2,(H,19,21). The second-order valence-corrected chi connectivity index (χ2v) is 7.43. The van der Waals surface area contributed by atoms with Crippen molar-refractivity contribution in [3.63, 3.8) is 0 Å². The number of thiophene rings is 1. The topological polar surface area (TPSA) is 42.0 Å². The average Bonchev–Trinajstić information content (AvgIpc) is 3.18. The first kappa shape index (κ1) is 14.4. The third-order valence-corrected chi connectivity index (χ3v) is 5.82. The molecule has 0 radical (unpaired) electrons. The number of carbonyl (C=O) groups is 1. The fourth-order valence-corrected chi connectivity index (χ4v) is 4.44. The highest BCUT2D eigenvalue weighted by Gasteiger charge is 2.10. The lowest BCUT2D eigenvalue weighted by molar-refractivity contribution is 0.0958. The molecular weight excluding hydrogens is 324 g/mol. The summed E-state index contributed by atoms with van der Waals surface area (Å²) in [6.07, 6.45) is 0.760. The average molecular weight is 338 g/mol. The number of aromatic nitrogens is 1. The molecule has 0 spiro atoms. The molecule has 0 unspecified atom stereocenters. The second-order valence-electron chi connectivity index (χ2n) is 5.23. The Hall–Kier alpha value is -2.24. The summed E-state index contributed by atoms with van der Waals surface area (Å²) in [5.74, 6) is -0.00712. The van der Waals surface area contributed by atoms with E-state index < -0.39 is 0 Å². The molecule has 0 fully saturated rings. The second kappa shape index (κ2) is 6.10. The number of amides is 1. The van der Waals surface area contributed by atoms with Crippen LogP contribution in [0.1, 0.15) is 14.7 Å². The molecule has 2 heterocycles. The molecule has 0 saturated heterocycles. The Morgan fingerprint density at radius 2 is 1.78 bits per heavy atom. The zero-order chi connectivity index (χ0) is 15.6. The third kappa shape index (κ3) is 2.98. The van der Waals surface area contributed by atoms with Gasteiger partial charge in [0.2, 0.25) is 0 Å². The Morgan fingerprint density at radius 3 is 2.61 bits per heavy atom. The normalized spacial score (nSPS) is 11.1. The zero-order valence-electron chi connectivity index (χ0n) is 12.3. The van der Waals surface area contributed by atoms with Gasteiger partial charge in [-0.1, -0.05) is 30.3 Å². The van der Waals surface area contributed by atoms with E-state index in [4.69, 9.17) is 0 Å². The van der Waals surface area contributed by atoms with Crippen LogP contribution in [0.5, 0.6) is 0 Å². The molecule has 2 aromatic heterocycles. The van der Waals surface area contributed by atoms with Crippen LogP contribution in [-0.4, -0.2) is 17.4 Å². The minimum atomic E-state index is -0.00712. The van der Waals surface area contributed by atoms with Gasteiger partial charge in [-0.25, -0.2) is 4.98 Å². The molecule has 2 aromatic carbocycles. The smallest absolute Gasteiger partial charge is 0.261 e. The minimum absolute atomic E-state index is 0.00712. The van der Waals surface area contributed by atoms with Crippen molar-refractivity contribution in [1.29, 1.82) is 0 Å². The van der Waals surface area contributed by atoms with Crippen LogP contribution in [0.4, 0.5) is 0 Å². The molecule has 5 heteroatoms. The number of hydrogen-bond acceptors (Lipinski definition) is 4. The number of hydrogen-bond donors (Lipinski definition) is 1. The summed E-state index contributed by atoms with van der Waals surface area (Å²) in [5.41, 5.74) is 1.03. The Labute approximate surface area is 141 Å². The first-order valence-electron chi connectivity index (χ1n) is 7.41. The first-order valence-corrected chi connectivity index (χ1v) is 9.04. The first-order chi connectivity index (χ1) is 11.3. The zero-order valence-corrected chi connectivity index (χ0v) is 13.9. The maximum absolute atomic E-state index is 12.3. The number of nitrogens with one attached hydrogen (secondary N) is 1. The molecule has 0 atom stereocenters. The van der Waals surface area contributed by atoms with Crippen LogP contribution in [0.15, 0.2) is 54.6 Å². The number of nitrogens with zero attached hydrogens (tertiary/aromatic N) is 1. The van der Waals surface area contributed by atoms with E-state index in [2.05, 4.69) is 16.4 Å². The highest BCUT2D eigenvalue weighted by molar-refractivity contribution is 7.20. The van der Waals surface area contributed by atoms with Gasteiger partial charge in [-0.2, -0.15) is 0 Å². The molecule has 4 aromatic rings. The molecular formula is C18H14N2OS2. The fourth-order valence-electron chi connectivity index (χ4n) is 2.49. The van der Waals surface area contributed by atoms with Gasteiger partial charge >= 0.3 is 0 Å². The van der Waals surface area contributed by atoms with Gasteiger partial charge in [0.1, 0.15) is 0 Å². The van der Waals surface area contributed by atoms with Crippen LogP contribution in [-0.2, 0) is 6.42 Å². The third-order valence-electron chi connectivity index (χ3n) is 3.61.